The van der Waals surface area contributed by atoms with E-state index in [2.05, 4.69) is 20.9 Å². The van der Waals surface area contributed by atoms with Crippen molar-refractivity contribution in [3.8, 4) is 6.07 Å². The van der Waals surface area contributed by atoms with Crippen LogP contribution in [-0.2, 0) is 17.8 Å². The van der Waals surface area contributed by atoms with Gasteiger partial charge in [0.25, 0.3) is 0 Å². The molecule has 0 atom stereocenters. The molecule has 0 aliphatic carbocycles. The Labute approximate surface area is 175 Å². The number of nitrogens with two attached hydrogens (primary N) is 1. The highest BCUT2D eigenvalue weighted by Gasteiger charge is 2.21. The second-order valence-electron chi connectivity index (χ2n) is 7.51. The van der Waals surface area contributed by atoms with Crippen molar-refractivity contribution in [1.29, 1.82) is 5.26 Å². The Kier molecular flexibility index (Phi) is 5.87. The van der Waals surface area contributed by atoms with Crippen LogP contribution in [0.15, 0.2) is 48.5 Å². The minimum absolute atomic E-state index is 0.171. The summed E-state index contributed by atoms with van der Waals surface area (Å²) in [6.07, 6.45) is 1.17. The van der Waals surface area contributed by atoms with Crippen LogP contribution >= 0.6 is 0 Å². The molecule has 1 aliphatic heterocycles. The Bertz CT molecular complexity index is 1080. The largest absolute Gasteiger partial charge is 0.383 e. The van der Waals surface area contributed by atoms with Gasteiger partial charge in [-0.25, -0.2) is 9.97 Å². The van der Waals surface area contributed by atoms with Crippen molar-refractivity contribution in [3.05, 3.63) is 65.5 Å². The lowest BCUT2D eigenvalue weighted by molar-refractivity contribution is -0.133. The fraction of sp³-hybridized carbons (Fsp3) is 0.304. The van der Waals surface area contributed by atoms with E-state index in [-0.39, 0.29) is 5.91 Å². The van der Waals surface area contributed by atoms with Gasteiger partial charge in [0.2, 0.25) is 5.91 Å². The number of aryl methyl sites for hydroxylation is 1. The van der Waals surface area contributed by atoms with Crippen molar-refractivity contribution in [2.75, 3.05) is 31.9 Å². The van der Waals surface area contributed by atoms with Crippen LogP contribution in [0.3, 0.4) is 0 Å². The number of piperazine rings is 1. The smallest absolute Gasteiger partial charge is 0.222 e. The van der Waals surface area contributed by atoms with Crippen LogP contribution in [0.4, 0.5) is 5.82 Å². The molecule has 0 saturated carbocycles. The molecule has 1 amide bonds. The number of para-hydroxylation sites is 1. The summed E-state index contributed by atoms with van der Waals surface area (Å²) in [6, 6.07) is 17.3. The molecular weight excluding hydrogens is 376 g/mol. The van der Waals surface area contributed by atoms with E-state index in [0.29, 0.717) is 49.7 Å². The molecular formula is C23H24N6O. The molecule has 152 valence electrons. The summed E-state index contributed by atoms with van der Waals surface area (Å²) >= 11 is 0. The molecule has 2 heterocycles. The average Bonchev–Trinajstić information content (AvgIpc) is 2.78. The minimum atomic E-state index is 0.171. The number of hydrogen-bond donors (Lipinski definition) is 1. The first-order valence-electron chi connectivity index (χ1n) is 10.1. The molecule has 4 rings (SSSR count). The van der Waals surface area contributed by atoms with Gasteiger partial charge in [0.1, 0.15) is 11.6 Å². The third-order valence-corrected chi connectivity index (χ3v) is 5.48. The molecule has 0 radical (unpaired) electrons. The first-order valence-corrected chi connectivity index (χ1v) is 10.1. The van der Waals surface area contributed by atoms with Crippen LogP contribution in [0.25, 0.3) is 10.9 Å². The standard InChI is InChI=1S/C23H24N6O/c24-15-18-7-5-17(6-8-18)9-10-22(30)29-13-11-28(12-14-29)16-21-26-20-4-2-1-3-19(20)23(25)27-21/h1-8H,9-14,16H2,(H2,25,26,27). The SMILES string of the molecule is N#Cc1ccc(CCC(=O)N2CCN(Cc3nc(N)c4ccccc4n3)CC2)cc1. The fourth-order valence-electron chi connectivity index (χ4n) is 3.73. The molecule has 7 nitrogen and oxygen atoms in total. The third-order valence-electron chi connectivity index (χ3n) is 5.48. The van der Waals surface area contributed by atoms with Crippen molar-refractivity contribution >= 4 is 22.6 Å². The zero-order valence-corrected chi connectivity index (χ0v) is 16.8. The summed E-state index contributed by atoms with van der Waals surface area (Å²) in [4.78, 5) is 25.8. The number of anilines is 1. The van der Waals surface area contributed by atoms with Crippen molar-refractivity contribution in [3.63, 3.8) is 0 Å². The van der Waals surface area contributed by atoms with E-state index < -0.39 is 0 Å². The number of nitriles is 1. The third kappa shape index (κ3) is 4.56. The topological polar surface area (TPSA) is 99.1 Å². The highest BCUT2D eigenvalue weighted by Crippen LogP contribution is 2.18. The maximum atomic E-state index is 12.6. The van der Waals surface area contributed by atoms with Crippen LogP contribution < -0.4 is 5.73 Å². The van der Waals surface area contributed by atoms with Crippen LogP contribution in [-0.4, -0.2) is 51.9 Å². The van der Waals surface area contributed by atoms with E-state index in [1.54, 1.807) is 12.1 Å². The normalized spacial score (nSPS) is 14.6. The van der Waals surface area contributed by atoms with Gasteiger partial charge in [-0.2, -0.15) is 5.26 Å². The number of hydrogen-bond acceptors (Lipinski definition) is 6. The zero-order valence-electron chi connectivity index (χ0n) is 16.8. The number of aromatic nitrogens is 2. The lowest BCUT2D eigenvalue weighted by Gasteiger charge is -2.34. The Hall–Kier alpha value is -3.50. The van der Waals surface area contributed by atoms with Gasteiger partial charge in [0.05, 0.1) is 23.7 Å². The van der Waals surface area contributed by atoms with E-state index in [9.17, 15) is 4.79 Å². The van der Waals surface area contributed by atoms with Crippen molar-refractivity contribution < 1.29 is 4.79 Å². The lowest BCUT2D eigenvalue weighted by Crippen LogP contribution is -2.48. The summed E-state index contributed by atoms with van der Waals surface area (Å²) in [6.45, 7) is 3.62. The number of carbonyl (C=O) groups excluding carboxylic acids is 1. The van der Waals surface area contributed by atoms with Crippen molar-refractivity contribution in [1.82, 2.24) is 19.8 Å². The number of rotatable bonds is 5. The number of benzene rings is 2. The highest BCUT2D eigenvalue weighted by atomic mass is 16.2. The van der Waals surface area contributed by atoms with Gasteiger partial charge in [-0.05, 0) is 36.2 Å². The molecule has 0 spiro atoms. The molecule has 1 saturated heterocycles. The first kappa shape index (κ1) is 19.8. The average molecular weight is 400 g/mol. The van der Waals surface area contributed by atoms with Gasteiger partial charge in [-0.1, -0.05) is 24.3 Å². The lowest BCUT2D eigenvalue weighted by atomic mass is 10.1. The molecule has 1 aromatic heterocycles. The number of carbonyl (C=O) groups is 1. The quantitative estimate of drug-likeness (QED) is 0.706. The molecule has 0 unspecified atom stereocenters. The Morgan fingerprint density at radius 1 is 1.03 bits per heavy atom. The first-order chi connectivity index (χ1) is 14.6. The van der Waals surface area contributed by atoms with E-state index in [1.807, 2.05) is 41.3 Å². The molecule has 0 bridgehead atoms. The molecule has 3 aromatic rings. The van der Waals surface area contributed by atoms with Crippen LogP contribution in [0.5, 0.6) is 0 Å². The number of nitrogen functional groups attached to an aromatic ring is 1. The van der Waals surface area contributed by atoms with Crippen LogP contribution in [0.2, 0.25) is 0 Å². The molecule has 2 N–H and O–H groups in total. The molecule has 2 aromatic carbocycles. The number of amides is 1. The number of nitrogens with zero attached hydrogens (tertiary/aromatic N) is 5. The maximum absolute atomic E-state index is 12.6. The zero-order chi connectivity index (χ0) is 20.9. The minimum Gasteiger partial charge on any atom is -0.383 e. The van der Waals surface area contributed by atoms with E-state index >= 15 is 0 Å². The van der Waals surface area contributed by atoms with E-state index in [1.165, 1.54) is 0 Å². The summed E-state index contributed by atoms with van der Waals surface area (Å²) in [5.74, 6) is 1.39. The predicted molar refractivity (Wildman–Crippen MR) is 115 cm³/mol. The summed E-state index contributed by atoms with van der Waals surface area (Å²) in [5.41, 5.74) is 8.65. The Morgan fingerprint density at radius 3 is 2.50 bits per heavy atom. The Morgan fingerprint density at radius 2 is 1.77 bits per heavy atom. The summed E-state index contributed by atoms with van der Waals surface area (Å²) in [7, 11) is 0. The molecule has 30 heavy (non-hydrogen) atoms. The van der Waals surface area contributed by atoms with Crippen molar-refractivity contribution in [2.24, 2.45) is 0 Å². The van der Waals surface area contributed by atoms with Crippen LogP contribution in [0.1, 0.15) is 23.4 Å². The second-order valence-corrected chi connectivity index (χ2v) is 7.51. The molecule has 1 aliphatic rings. The van der Waals surface area contributed by atoms with Gasteiger partial charge >= 0.3 is 0 Å². The Balaban J connectivity index is 1.28. The summed E-state index contributed by atoms with van der Waals surface area (Å²) < 4.78 is 0. The second kappa shape index (κ2) is 8.89. The monoisotopic (exact) mass is 400 g/mol. The molecule has 7 heteroatoms. The number of fused-ring (bicyclic) bond motifs is 1. The van der Waals surface area contributed by atoms with E-state index in [0.717, 1.165) is 29.6 Å². The van der Waals surface area contributed by atoms with Crippen molar-refractivity contribution in [2.45, 2.75) is 19.4 Å². The fourth-order valence-corrected chi connectivity index (χ4v) is 3.73. The molecule has 1 fully saturated rings. The highest BCUT2D eigenvalue weighted by molar-refractivity contribution is 5.87. The van der Waals surface area contributed by atoms with Crippen LogP contribution in [0, 0.1) is 11.3 Å². The van der Waals surface area contributed by atoms with Gasteiger partial charge in [-0.3, -0.25) is 9.69 Å². The van der Waals surface area contributed by atoms with Gasteiger partial charge < -0.3 is 10.6 Å². The summed E-state index contributed by atoms with van der Waals surface area (Å²) in [5, 5.41) is 9.74. The van der Waals surface area contributed by atoms with Gasteiger partial charge in [0.15, 0.2) is 0 Å². The van der Waals surface area contributed by atoms with Gasteiger partial charge in [-0.15, -0.1) is 0 Å². The van der Waals surface area contributed by atoms with E-state index in [4.69, 9.17) is 11.0 Å². The van der Waals surface area contributed by atoms with Gasteiger partial charge in [0, 0.05) is 38.0 Å². The maximum Gasteiger partial charge on any atom is 0.222 e. The predicted octanol–water partition coefficient (Wildman–Crippen LogP) is 2.36.